The van der Waals surface area contributed by atoms with Gasteiger partial charge in [-0.2, -0.15) is 0 Å². The second kappa shape index (κ2) is 7.56. The van der Waals surface area contributed by atoms with E-state index in [-0.39, 0.29) is 5.82 Å². The Hall–Kier alpha value is -2.60. The Morgan fingerprint density at radius 2 is 1.89 bits per heavy atom. The molecule has 0 aliphatic heterocycles. The number of aromatic nitrogens is 3. The molecule has 0 amide bonds. The Bertz CT molecular complexity index is 935. The number of rotatable bonds is 4. The third-order valence-corrected chi connectivity index (χ3v) is 5.49. The summed E-state index contributed by atoms with van der Waals surface area (Å²) in [6, 6.07) is 8.52. The van der Waals surface area contributed by atoms with Crippen molar-refractivity contribution in [3.63, 3.8) is 0 Å². The van der Waals surface area contributed by atoms with Crippen molar-refractivity contribution in [2.45, 2.75) is 37.8 Å². The Balaban J connectivity index is 1.62. The molecule has 6 heteroatoms. The summed E-state index contributed by atoms with van der Waals surface area (Å²) in [7, 11) is 4.30. The molecule has 2 aromatic heterocycles. The van der Waals surface area contributed by atoms with Gasteiger partial charge in [0.2, 0.25) is 0 Å². The van der Waals surface area contributed by atoms with E-state index in [0.29, 0.717) is 17.6 Å². The lowest BCUT2D eigenvalue weighted by atomic mass is 9.90. The highest BCUT2D eigenvalue weighted by Gasteiger charge is 2.23. The van der Waals surface area contributed by atoms with Gasteiger partial charge in [0.25, 0.3) is 0 Å². The zero-order valence-electron chi connectivity index (χ0n) is 15.7. The maximum absolute atomic E-state index is 14.1. The summed E-state index contributed by atoms with van der Waals surface area (Å²) in [5.41, 5.74) is 2.19. The monoisotopic (exact) mass is 365 g/mol. The molecule has 140 valence electrons. The van der Waals surface area contributed by atoms with Gasteiger partial charge in [0.05, 0.1) is 11.7 Å². The lowest BCUT2D eigenvalue weighted by Crippen LogP contribution is -2.36. The van der Waals surface area contributed by atoms with Gasteiger partial charge in [0.15, 0.2) is 0 Å². The number of hydrogen-bond acceptors (Lipinski definition) is 5. The summed E-state index contributed by atoms with van der Waals surface area (Å²) >= 11 is 0. The predicted octanol–water partition coefficient (Wildman–Crippen LogP) is 4.12. The quantitative estimate of drug-likeness (QED) is 0.754. The average Bonchev–Trinajstić information content (AvgIpc) is 2.69. The topological polar surface area (TPSA) is 53.9 Å². The van der Waals surface area contributed by atoms with Gasteiger partial charge in [-0.25, -0.2) is 14.4 Å². The van der Waals surface area contributed by atoms with E-state index in [0.717, 1.165) is 35.1 Å². The second-order valence-electron chi connectivity index (χ2n) is 7.42. The summed E-state index contributed by atoms with van der Waals surface area (Å²) in [6.07, 6.45) is 9.03. The van der Waals surface area contributed by atoms with Crippen LogP contribution in [0, 0.1) is 5.82 Å². The summed E-state index contributed by atoms with van der Waals surface area (Å²) < 4.78 is 14.1. The van der Waals surface area contributed by atoms with E-state index in [1.807, 2.05) is 18.2 Å². The van der Waals surface area contributed by atoms with E-state index in [1.54, 1.807) is 18.6 Å². The molecule has 0 atom stereocenters. The van der Waals surface area contributed by atoms with Crippen LogP contribution >= 0.6 is 0 Å². The zero-order chi connectivity index (χ0) is 18.8. The Morgan fingerprint density at radius 1 is 1.07 bits per heavy atom. The molecule has 0 radical (unpaired) electrons. The minimum atomic E-state index is -0.329. The minimum Gasteiger partial charge on any atom is -0.367 e. The predicted molar refractivity (Wildman–Crippen MR) is 106 cm³/mol. The van der Waals surface area contributed by atoms with E-state index in [1.165, 1.54) is 19.0 Å². The van der Waals surface area contributed by atoms with E-state index in [4.69, 9.17) is 0 Å². The smallest absolute Gasteiger partial charge is 0.149 e. The highest BCUT2D eigenvalue weighted by Crippen LogP contribution is 2.30. The average molecular weight is 365 g/mol. The largest absolute Gasteiger partial charge is 0.367 e. The first-order valence-corrected chi connectivity index (χ1v) is 9.39. The third kappa shape index (κ3) is 3.76. The molecular formula is C21H24FN5. The van der Waals surface area contributed by atoms with Crippen LogP contribution in [-0.2, 0) is 0 Å². The molecule has 1 aliphatic carbocycles. The van der Waals surface area contributed by atoms with E-state index < -0.39 is 0 Å². The molecule has 0 saturated heterocycles. The van der Waals surface area contributed by atoms with Gasteiger partial charge in [-0.15, -0.1) is 0 Å². The fourth-order valence-corrected chi connectivity index (χ4v) is 3.88. The molecule has 0 bridgehead atoms. The van der Waals surface area contributed by atoms with Crippen molar-refractivity contribution < 1.29 is 4.39 Å². The molecule has 2 heterocycles. The number of halogens is 1. The number of benzene rings is 1. The van der Waals surface area contributed by atoms with Gasteiger partial charge in [-0.05, 0) is 63.5 Å². The molecule has 0 unspecified atom stereocenters. The number of nitrogens with zero attached hydrogens (tertiary/aromatic N) is 4. The van der Waals surface area contributed by atoms with E-state index in [2.05, 4.69) is 39.3 Å². The molecule has 27 heavy (non-hydrogen) atoms. The van der Waals surface area contributed by atoms with Gasteiger partial charge in [0, 0.05) is 29.2 Å². The first kappa shape index (κ1) is 17.8. The molecule has 4 rings (SSSR count). The normalized spacial score (nSPS) is 20.1. The van der Waals surface area contributed by atoms with Crippen LogP contribution in [0.15, 0.2) is 43.0 Å². The fourth-order valence-electron chi connectivity index (χ4n) is 3.88. The third-order valence-electron chi connectivity index (χ3n) is 5.49. The lowest BCUT2D eigenvalue weighted by Gasteiger charge is -2.33. The first-order chi connectivity index (χ1) is 13.1. The minimum absolute atomic E-state index is 0.329. The maximum atomic E-state index is 14.1. The van der Waals surface area contributed by atoms with Gasteiger partial charge in [0.1, 0.15) is 18.0 Å². The molecule has 1 N–H and O–H groups in total. The van der Waals surface area contributed by atoms with Gasteiger partial charge in [-0.3, -0.25) is 4.98 Å². The van der Waals surface area contributed by atoms with Crippen LogP contribution in [0.1, 0.15) is 25.7 Å². The van der Waals surface area contributed by atoms with Crippen molar-refractivity contribution >= 4 is 16.7 Å². The summed E-state index contributed by atoms with van der Waals surface area (Å²) in [5.74, 6) is 0.495. The summed E-state index contributed by atoms with van der Waals surface area (Å²) in [4.78, 5) is 15.0. The number of hydrogen-bond donors (Lipinski definition) is 1. The van der Waals surface area contributed by atoms with E-state index >= 15 is 0 Å². The van der Waals surface area contributed by atoms with Crippen molar-refractivity contribution in [1.29, 1.82) is 0 Å². The summed E-state index contributed by atoms with van der Waals surface area (Å²) in [6.45, 7) is 0. The lowest BCUT2D eigenvalue weighted by molar-refractivity contribution is 0.221. The second-order valence-corrected chi connectivity index (χ2v) is 7.42. The molecule has 1 fully saturated rings. The molecule has 0 spiro atoms. The number of pyridine rings is 1. The standard InChI is InChI=1S/C21H24FN5/c1-27(2)16-6-4-15(5-7-16)26-21-18-11-14(3-8-20(18)24-13-25-21)17-9-10-23-12-19(17)22/h3,8-13,15-16H,4-7H2,1-2H3,(H,24,25,26)/t15-,16-. The Morgan fingerprint density at radius 3 is 2.63 bits per heavy atom. The van der Waals surface area contributed by atoms with Gasteiger partial charge >= 0.3 is 0 Å². The van der Waals surface area contributed by atoms with E-state index in [9.17, 15) is 4.39 Å². The van der Waals surface area contributed by atoms with Crippen LogP contribution < -0.4 is 5.32 Å². The maximum Gasteiger partial charge on any atom is 0.149 e. The molecule has 1 aromatic carbocycles. The Kier molecular flexibility index (Phi) is 4.99. The molecule has 5 nitrogen and oxygen atoms in total. The highest BCUT2D eigenvalue weighted by molar-refractivity contribution is 5.92. The molecule has 1 saturated carbocycles. The van der Waals surface area contributed by atoms with Crippen LogP contribution in [0.25, 0.3) is 22.0 Å². The van der Waals surface area contributed by atoms with Crippen molar-refractivity contribution in [3.05, 3.63) is 48.8 Å². The van der Waals surface area contributed by atoms with Gasteiger partial charge < -0.3 is 10.2 Å². The van der Waals surface area contributed by atoms with Crippen LogP contribution in [0.2, 0.25) is 0 Å². The van der Waals surface area contributed by atoms with Gasteiger partial charge in [-0.1, -0.05) is 6.07 Å². The number of nitrogens with one attached hydrogen (secondary N) is 1. The molecular weight excluding hydrogens is 341 g/mol. The zero-order valence-corrected chi connectivity index (χ0v) is 15.7. The first-order valence-electron chi connectivity index (χ1n) is 9.39. The van der Waals surface area contributed by atoms with Crippen molar-refractivity contribution in [2.24, 2.45) is 0 Å². The van der Waals surface area contributed by atoms with Crippen molar-refractivity contribution in [2.75, 3.05) is 19.4 Å². The van der Waals surface area contributed by atoms with Crippen molar-refractivity contribution in [3.8, 4) is 11.1 Å². The number of anilines is 1. The molecule has 1 aliphatic rings. The SMILES string of the molecule is CN(C)[C@H]1CC[C@H](Nc2ncnc3ccc(-c4ccncc4F)cc23)CC1. The van der Waals surface area contributed by atoms with Crippen LogP contribution in [0.3, 0.4) is 0 Å². The Labute approximate surface area is 158 Å². The summed E-state index contributed by atoms with van der Waals surface area (Å²) in [5, 5.41) is 4.52. The molecule has 3 aromatic rings. The fraction of sp³-hybridized carbons (Fsp3) is 0.381. The van der Waals surface area contributed by atoms with Crippen LogP contribution in [-0.4, -0.2) is 46.0 Å². The number of fused-ring (bicyclic) bond motifs is 1. The van der Waals surface area contributed by atoms with Crippen LogP contribution in [0.4, 0.5) is 10.2 Å². The van der Waals surface area contributed by atoms with Crippen molar-refractivity contribution in [1.82, 2.24) is 19.9 Å². The van der Waals surface area contributed by atoms with Crippen LogP contribution in [0.5, 0.6) is 0 Å². The highest BCUT2D eigenvalue weighted by atomic mass is 19.1.